The molecule has 0 saturated carbocycles. The predicted molar refractivity (Wildman–Crippen MR) is 69.5 cm³/mol. The van der Waals surface area contributed by atoms with Gasteiger partial charge in [0, 0.05) is 26.1 Å². The highest BCUT2D eigenvalue weighted by molar-refractivity contribution is 5.90. The Morgan fingerprint density at radius 2 is 2.00 bits per heavy atom. The van der Waals surface area contributed by atoms with E-state index in [1.807, 2.05) is 4.90 Å². The van der Waals surface area contributed by atoms with Crippen LogP contribution in [0.4, 0.5) is 5.82 Å². The van der Waals surface area contributed by atoms with Gasteiger partial charge in [0.25, 0.3) is 5.91 Å². The number of nitrogens with zero attached hydrogens (tertiary/aromatic N) is 3. The van der Waals surface area contributed by atoms with Crippen molar-refractivity contribution in [2.45, 2.75) is 19.3 Å². The zero-order valence-electron chi connectivity index (χ0n) is 10.6. The molecule has 0 unspecified atom stereocenters. The van der Waals surface area contributed by atoms with E-state index >= 15 is 0 Å². The fourth-order valence-electron chi connectivity index (χ4n) is 1.98. The molecule has 0 radical (unpaired) electrons. The molecule has 0 spiro atoms. The minimum atomic E-state index is -0.608. The normalized spacial score (nSPS) is 14.4. The number of primary amides is 1. The van der Waals surface area contributed by atoms with Crippen LogP contribution in [-0.2, 0) is 4.79 Å². The summed E-state index contributed by atoms with van der Waals surface area (Å²) in [4.78, 5) is 24.5. The lowest BCUT2D eigenvalue weighted by Crippen LogP contribution is -2.29. The van der Waals surface area contributed by atoms with Gasteiger partial charge in [-0.3, -0.25) is 9.59 Å². The van der Waals surface area contributed by atoms with Crippen molar-refractivity contribution in [3.8, 4) is 0 Å². The quantitative estimate of drug-likeness (QED) is 0.778. The number of hydrogen-bond donors (Lipinski definition) is 2. The number of nitrogens with one attached hydrogen (secondary N) is 1. The van der Waals surface area contributed by atoms with Crippen LogP contribution in [0, 0.1) is 0 Å². The van der Waals surface area contributed by atoms with Crippen LogP contribution >= 0.6 is 0 Å². The molecular formula is C12H17N5O2. The number of anilines is 1. The van der Waals surface area contributed by atoms with Gasteiger partial charge >= 0.3 is 0 Å². The first-order valence-electron chi connectivity index (χ1n) is 6.32. The third-order valence-electron chi connectivity index (χ3n) is 3.02. The van der Waals surface area contributed by atoms with Gasteiger partial charge in [-0.2, -0.15) is 0 Å². The molecule has 1 saturated heterocycles. The van der Waals surface area contributed by atoms with Gasteiger partial charge in [-0.15, -0.1) is 10.2 Å². The molecule has 2 heterocycles. The fourth-order valence-corrected chi connectivity index (χ4v) is 1.98. The Morgan fingerprint density at radius 1 is 1.26 bits per heavy atom. The van der Waals surface area contributed by atoms with Crippen molar-refractivity contribution >= 4 is 17.6 Å². The smallest absolute Gasteiger partial charge is 0.269 e. The molecule has 19 heavy (non-hydrogen) atoms. The van der Waals surface area contributed by atoms with Crippen LogP contribution in [0.2, 0.25) is 0 Å². The van der Waals surface area contributed by atoms with E-state index in [2.05, 4.69) is 15.5 Å². The Balaban J connectivity index is 1.75. The second-order valence-corrected chi connectivity index (χ2v) is 4.43. The van der Waals surface area contributed by atoms with Crippen molar-refractivity contribution in [1.82, 2.24) is 15.1 Å². The summed E-state index contributed by atoms with van der Waals surface area (Å²) in [5.41, 5.74) is 5.19. The van der Waals surface area contributed by atoms with E-state index in [9.17, 15) is 9.59 Å². The lowest BCUT2D eigenvalue weighted by Gasteiger charge is -2.15. The van der Waals surface area contributed by atoms with Crippen LogP contribution in [0.15, 0.2) is 12.1 Å². The second kappa shape index (κ2) is 6.12. The summed E-state index contributed by atoms with van der Waals surface area (Å²) in [7, 11) is 0. The SMILES string of the molecule is NC(=O)c1ccc(NCCC(=O)N2CCCC2)nn1. The number of likely N-dealkylation sites (tertiary alicyclic amines) is 1. The van der Waals surface area contributed by atoms with Crippen molar-refractivity contribution in [2.75, 3.05) is 25.0 Å². The van der Waals surface area contributed by atoms with Crippen molar-refractivity contribution in [3.05, 3.63) is 17.8 Å². The maximum Gasteiger partial charge on any atom is 0.269 e. The number of amides is 2. The largest absolute Gasteiger partial charge is 0.368 e. The Hall–Kier alpha value is -2.18. The van der Waals surface area contributed by atoms with Gasteiger partial charge < -0.3 is 16.0 Å². The van der Waals surface area contributed by atoms with Gasteiger partial charge in [0.15, 0.2) is 5.69 Å². The van der Waals surface area contributed by atoms with Crippen LogP contribution in [0.3, 0.4) is 0 Å². The molecule has 7 heteroatoms. The van der Waals surface area contributed by atoms with E-state index in [4.69, 9.17) is 5.73 Å². The molecule has 1 aromatic rings. The zero-order valence-corrected chi connectivity index (χ0v) is 10.6. The summed E-state index contributed by atoms with van der Waals surface area (Å²) in [6, 6.07) is 3.12. The summed E-state index contributed by atoms with van der Waals surface area (Å²) in [5, 5.41) is 10.5. The molecule has 2 amide bonds. The standard InChI is InChI=1S/C12H17N5O2/c13-12(19)9-3-4-10(16-15-9)14-6-5-11(18)17-7-1-2-8-17/h3-4H,1-2,5-8H2,(H2,13,19)(H,14,16). The van der Waals surface area contributed by atoms with Crippen molar-refractivity contribution < 1.29 is 9.59 Å². The van der Waals surface area contributed by atoms with Gasteiger partial charge in [-0.1, -0.05) is 0 Å². The van der Waals surface area contributed by atoms with Gasteiger partial charge in [-0.25, -0.2) is 0 Å². The molecule has 102 valence electrons. The van der Waals surface area contributed by atoms with Crippen LogP contribution in [-0.4, -0.2) is 46.5 Å². The van der Waals surface area contributed by atoms with Crippen LogP contribution in [0.5, 0.6) is 0 Å². The molecule has 2 rings (SSSR count). The summed E-state index contributed by atoms with van der Waals surface area (Å²) < 4.78 is 0. The molecule has 0 aromatic carbocycles. The van der Waals surface area contributed by atoms with Crippen molar-refractivity contribution in [3.63, 3.8) is 0 Å². The predicted octanol–water partition coefficient (Wildman–Crippen LogP) is -0.000100. The fraction of sp³-hybridized carbons (Fsp3) is 0.500. The van der Waals surface area contributed by atoms with Gasteiger partial charge in [0.1, 0.15) is 5.82 Å². The van der Waals surface area contributed by atoms with Gasteiger partial charge in [0.2, 0.25) is 5.91 Å². The monoisotopic (exact) mass is 263 g/mol. The maximum atomic E-state index is 11.8. The molecule has 3 N–H and O–H groups in total. The molecule has 7 nitrogen and oxygen atoms in total. The van der Waals surface area contributed by atoms with E-state index in [0.717, 1.165) is 25.9 Å². The molecule has 0 atom stereocenters. The summed E-state index contributed by atoms with van der Waals surface area (Å²) >= 11 is 0. The second-order valence-electron chi connectivity index (χ2n) is 4.43. The zero-order chi connectivity index (χ0) is 13.7. The van der Waals surface area contributed by atoms with Gasteiger partial charge in [-0.05, 0) is 25.0 Å². The first-order valence-corrected chi connectivity index (χ1v) is 6.32. The Morgan fingerprint density at radius 3 is 2.58 bits per heavy atom. The van der Waals surface area contributed by atoms with E-state index < -0.39 is 5.91 Å². The number of carbonyl (C=O) groups is 2. The number of rotatable bonds is 5. The highest BCUT2D eigenvalue weighted by Gasteiger charge is 2.17. The van der Waals surface area contributed by atoms with Crippen LogP contribution in [0.25, 0.3) is 0 Å². The Bertz CT molecular complexity index is 454. The van der Waals surface area contributed by atoms with Crippen LogP contribution < -0.4 is 11.1 Å². The maximum absolute atomic E-state index is 11.8. The molecular weight excluding hydrogens is 246 g/mol. The highest BCUT2D eigenvalue weighted by atomic mass is 16.2. The van der Waals surface area contributed by atoms with Gasteiger partial charge in [0.05, 0.1) is 0 Å². The van der Waals surface area contributed by atoms with Crippen molar-refractivity contribution in [1.29, 1.82) is 0 Å². The summed E-state index contributed by atoms with van der Waals surface area (Å²) in [6.45, 7) is 2.23. The minimum Gasteiger partial charge on any atom is -0.368 e. The van der Waals surface area contributed by atoms with E-state index in [1.165, 1.54) is 6.07 Å². The van der Waals surface area contributed by atoms with Crippen molar-refractivity contribution in [2.24, 2.45) is 5.73 Å². The third-order valence-corrected chi connectivity index (χ3v) is 3.02. The van der Waals surface area contributed by atoms with E-state index in [1.54, 1.807) is 6.07 Å². The molecule has 0 aliphatic carbocycles. The summed E-state index contributed by atoms with van der Waals surface area (Å²) in [6.07, 6.45) is 2.62. The molecule has 1 aliphatic heterocycles. The average Bonchev–Trinajstić information content (AvgIpc) is 2.93. The van der Waals surface area contributed by atoms with E-state index in [0.29, 0.717) is 18.8 Å². The number of carbonyl (C=O) groups excluding carboxylic acids is 2. The lowest BCUT2D eigenvalue weighted by atomic mass is 10.3. The first kappa shape index (κ1) is 13.3. The molecule has 0 bridgehead atoms. The van der Waals surface area contributed by atoms with Crippen LogP contribution in [0.1, 0.15) is 29.8 Å². The Kier molecular flexibility index (Phi) is 4.27. The lowest BCUT2D eigenvalue weighted by molar-refractivity contribution is -0.129. The molecule has 1 aromatic heterocycles. The summed E-state index contributed by atoms with van der Waals surface area (Å²) in [5.74, 6) is 0.0780. The van der Waals surface area contributed by atoms with E-state index in [-0.39, 0.29) is 11.6 Å². The number of nitrogens with two attached hydrogens (primary N) is 1. The Labute approximate surface area is 111 Å². The first-order chi connectivity index (χ1) is 9.16. The number of aromatic nitrogens is 2. The molecule has 1 fully saturated rings. The number of hydrogen-bond acceptors (Lipinski definition) is 5. The highest BCUT2D eigenvalue weighted by Crippen LogP contribution is 2.09. The minimum absolute atomic E-state index is 0.124. The topological polar surface area (TPSA) is 101 Å². The average molecular weight is 263 g/mol. The third kappa shape index (κ3) is 3.64. The molecule has 1 aliphatic rings.